The fourth-order valence-electron chi connectivity index (χ4n) is 1.54. The summed E-state index contributed by atoms with van der Waals surface area (Å²) in [6.07, 6.45) is 3.95. The maximum Gasteiger partial charge on any atom is 0.0715 e. The van der Waals surface area contributed by atoms with Crippen molar-refractivity contribution in [3.8, 4) is 11.3 Å². The third-order valence-corrected chi connectivity index (χ3v) is 3.09. The van der Waals surface area contributed by atoms with Crippen molar-refractivity contribution in [2.75, 3.05) is 6.26 Å². The third-order valence-electron chi connectivity index (χ3n) is 2.30. The molecule has 0 aliphatic heterocycles. The van der Waals surface area contributed by atoms with Crippen molar-refractivity contribution in [3.63, 3.8) is 0 Å². The summed E-state index contributed by atoms with van der Waals surface area (Å²) in [7, 11) is 0. The summed E-state index contributed by atoms with van der Waals surface area (Å²) in [6.45, 7) is 2.09. The van der Waals surface area contributed by atoms with E-state index in [4.69, 9.17) is 0 Å². The molecule has 15 heavy (non-hydrogen) atoms. The van der Waals surface area contributed by atoms with Gasteiger partial charge in [-0.1, -0.05) is 18.2 Å². The molecule has 76 valence electrons. The molecule has 1 heterocycles. The van der Waals surface area contributed by atoms with Gasteiger partial charge in [-0.15, -0.1) is 11.8 Å². The van der Waals surface area contributed by atoms with E-state index in [2.05, 4.69) is 48.5 Å². The van der Waals surface area contributed by atoms with Crippen LogP contribution >= 0.6 is 11.8 Å². The Bertz CT molecular complexity index is 466. The molecule has 2 aromatic rings. The van der Waals surface area contributed by atoms with Gasteiger partial charge in [0.2, 0.25) is 0 Å². The number of nitrogens with zero attached hydrogens (tertiary/aromatic N) is 1. The lowest BCUT2D eigenvalue weighted by Crippen LogP contribution is -1.86. The number of benzene rings is 1. The number of thioether (sulfide) groups is 1. The molecule has 0 radical (unpaired) electrons. The van der Waals surface area contributed by atoms with Crippen LogP contribution < -0.4 is 0 Å². The van der Waals surface area contributed by atoms with E-state index in [1.54, 1.807) is 11.8 Å². The largest absolute Gasteiger partial charge is 0.256 e. The van der Waals surface area contributed by atoms with Crippen LogP contribution in [0.25, 0.3) is 11.3 Å². The van der Waals surface area contributed by atoms with Gasteiger partial charge < -0.3 is 0 Å². The van der Waals surface area contributed by atoms with Gasteiger partial charge in [0.25, 0.3) is 0 Å². The molecule has 0 fully saturated rings. The third kappa shape index (κ3) is 2.21. The highest BCUT2D eigenvalue weighted by Gasteiger charge is 2.04. The Morgan fingerprint density at radius 3 is 2.67 bits per heavy atom. The first-order chi connectivity index (χ1) is 7.31. The van der Waals surface area contributed by atoms with Crippen LogP contribution in [0.1, 0.15) is 5.56 Å². The standard InChI is InChI=1S/C13H13NS/c1-10-7-8-14-12(9-10)11-5-3-4-6-13(11)15-2/h3-9H,1-2H3. The molecule has 1 nitrogen and oxygen atoms in total. The quantitative estimate of drug-likeness (QED) is 0.707. The second kappa shape index (κ2) is 4.49. The van der Waals surface area contributed by atoms with E-state index in [-0.39, 0.29) is 0 Å². The van der Waals surface area contributed by atoms with Crippen LogP contribution in [0.5, 0.6) is 0 Å². The molecule has 0 aliphatic rings. The van der Waals surface area contributed by atoms with E-state index in [9.17, 15) is 0 Å². The first kappa shape index (κ1) is 10.2. The number of hydrogen-bond donors (Lipinski definition) is 0. The zero-order valence-electron chi connectivity index (χ0n) is 8.90. The Hall–Kier alpha value is -1.28. The van der Waals surface area contributed by atoms with E-state index in [0.717, 1.165) is 5.69 Å². The fourth-order valence-corrected chi connectivity index (χ4v) is 2.15. The molecule has 0 unspecified atom stereocenters. The topological polar surface area (TPSA) is 12.9 Å². The highest BCUT2D eigenvalue weighted by molar-refractivity contribution is 7.98. The van der Waals surface area contributed by atoms with Gasteiger partial charge in [0.1, 0.15) is 0 Å². The van der Waals surface area contributed by atoms with Crippen LogP contribution in [0, 0.1) is 6.92 Å². The average Bonchev–Trinajstić information content (AvgIpc) is 2.29. The molecule has 2 rings (SSSR count). The van der Waals surface area contributed by atoms with E-state index >= 15 is 0 Å². The van der Waals surface area contributed by atoms with Gasteiger partial charge in [-0.3, -0.25) is 4.98 Å². The molecule has 0 amide bonds. The van der Waals surface area contributed by atoms with E-state index in [0.29, 0.717) is 0 Å². The highest BCUT2D eigenvalue weighted by atomic mass is 32.2. The first-order valence-electron chi connectivity index (χ1n) is 4.87. The maximum atomic E-state index is 4.41. The summed E-state index contributed by atoms with van der Waals surface area (Å²) in [4.78, 5) is 5.68. The summed E-state index contributed by atoms with van der Waals surface area (Å²) in [5.74, 6) is 0. The Morgan fingerprint density at radius 2 is 1.93 bits per heavy atom. The Balaban J connectivity index is 2.53. The van der Waals surface area contributed by atoms with Crippen molar-refractivity contribution in [1.29, 1.82) is 0 Å². The zero-order chi connectivity index (χ0) is 10.7. The van der Waals surface area contributed by atoms with Crippen LogP contribution in [-0.4, -0.2) is 11.2 Å². The summed E-state index contributed by atoms with van der Waals surface area (Å²) >= 11 is 1.76. The second-order valence-corrected chi connectivity index (χ2v) is 4.27. The van der Waals surface area contributed by atoms with Crippen LogP contribution in [0.15, 0.2) is 47.5 Å². The number of aryl methyl sites for hydroxylation is 1. The predicted octanol–water partition coefficient (Wildman–Crippen LogP) is 3.78. The van der Waals surface area contributed by atoms with E-state index < -0.39 is 0 Å². The number of aromatic nitrogens is 1. The second-order valence-electron chi connectivity index (χ2n) is 3.42. The van der Waals surface area contributed by atoms with Gasteiger partial charge in [0.05, 0.1) is 5.69 Å². The zero-order valence-corrected chi connectivity index (χ0v) is 9.71. The van der Waals surface area contributed by atoms with Crippen molar-refractivity contribution in [3.05, 3.63) is 48.2 Å². The van der Waals surface area contributed by atoms with Gasteiger partial charge in [-0.05, 0) is 36.9 Å². The van der Waals surface area contributed by atoms with Crippen molar-refractivity contribution >= 4 is 11.8 Å². The molecular weight excluding hydrogens is 202 g/mol. The van der Waals surface area contributed by atoms with Crippen LogP contribution in [-0.2, 0) is 0 Å². The van der Waals surface area contributed by atoms with Gasteiger partial charge in [0.15, 0.2) is 0 Å². The Kier molecular flexibility index (Phi) is 3.07. The summed E-state index contributed by atoms with van der Waals surface area (Å²) in [5.41, 5.74) is 3.52. The van der Waals surface area contributed by atoms with E-state index in [1.807, 2.05) is 12.3 Å². The lowest BCUT2D eigenvalue weighted by atomic mass is 10.1. The van der Waals surface area contributed by atoms with Gasteiger partial charge >= 0.3 is 0 Å². The van der Waals surface area contributed by atoms with Crippen molar-refractivity contribution in [2.24, 2.45) is 0 Å². The van der Waals surface area contributed by atoms with Crippen molar-refractivity contribution in [1.82, 2.24) is 4.98 Å². The Morgan fingerprint density at radius 1 is 1.13 bits per heavy atom. The molecule has 0 saturated carbocycles. The molecule has 1 aromatic carbocycles. The minimum absolute atomic E-state index is 1.06. The molecular formula is C13H13NS. The molecule has 1 aromatic heterocycles. The van der Waals surface area contributed by atoms with Gasteiger partial charge in [-0.2, -0.15) is 0 Å². The fraction of sp³-hybridized carbons (Fsp3) is 0.154. The van der Waals surface area contributed by atoms with E-state index in [1.165, 1.54) is 16.0 Å². The lowest BCUT2D eigenvalue weighted by molar-refractivity contribution is 1.26. The van der Waals surface area contributed by atoms with Crippen LogP contribution in [0.4, 0.5) is 0 Å². The van der Waals surface area contributed by atoms with Crippen molar-refractivity contribution in [2.45, 2.75) is 11.8 Å². The molecule has 0 saturated heterocycles. The summed E-state index contributed by atoms with van der Waals surface area (Å²) in [5, 5.41) is 0. The van der Waals surface area contributed by atoms with Crippen molar-refractivity contribution < 1.29 is 0 Å². The normalized spacial score (nSPS) is 10.3. The smallest absolute Gasteiger partial charge is 0.0715 e. The van der Waals surface area contributed by atoms with Gasteiger partial charge in [-0.25, -0.2) is 0 Å². The monoisotopic (exact) mass is 215 g/mol. The summed E-state index contributed by atoms with van der Waals surface area (Å²) in [6, 6.07) is 12.5. The summed E-state index contributed by atoms with van der Waals surface area (Å²) < 4.78 is 0. The van der Waals surface area contributed by atoms with Gasteiger partial charge in [0, 0.05) is 16.7 Å². The minimum Gasteiger partial charge on any atom is -0.256 e. The highest BCUT2D eigenvalue weighted by Crippen LogP contribution is 2.28. The molecule has 0 spiro atoms. The number of pyridine rings is 1. The SMILES string of the molecule is CSc1ccccc1-c1cc(C)ccn1. The first-order valence-corrected chi connectivity index (χ1v) is 6.10. The molecule has 0 N–H and O–H groups in total. The molecule has 2 heteroatoms. The molecule has 0 atom stereocenters. The molecule has 0 bridgehead atoms. The van der Waals surface area contributed by atoms with Crippen LogP contribution in [0.2, 0.25) is 0 Å². The average molecular weight is 215 g/mol. The predicted molar refractivity (Wildman–Crippen MR) is 66.2 cm³/mol. The number of hydrogen-bond acceptors (Lipinski definition) is 2. The Labute approximate surface area is 94.6 Å². The minimum atomic E-state index is 1.06. The number of rotatable bonds is 2. The van der Waals surface area contributed by atoms with Crippen LogP contribution in [0.3, 0.4) is 0 Å². The lowest BCUT2D eigenvalue weighted by Gasteiger charge is -2.06. The molecule has 0 aliphatic carbocycles. The maximum absolute atomic E-state index is 4.41.